The Morgan fingerprint density at radius 2 is 1.18 bits per heavy atom. The third-order valence-electron chi connectivity index (χ3n) is 6.06. The molecule has 0 unspecified atom stereocenters. The molecule has 0 amide bonds. The van der Waals surface area contributed by atoms with E-state index in [1.807, 2.05) is 12.3 Å². The molecule has 5 aromatic carbocycles. The van der Waals surface area contributed by atoms with E-state index < -0.39 is 0 Å². The Kier molecular flexibility index (Phi) is 5.88. The van der Waals surface area contributed by atoms with Gasteiger partial charge >= 0.3 is 0 Å². The molecule has 33 heavy (non-hydrogen) atoms. The van der Waals surface area contributed by atoms with E-state index in [0.29, 0.717) is 0 Å². The molecule has 0 aliphatic rings. The minimum absolute atomic E-state index is 0. The molecule has 0 saturated heterocycles. The molecular formula is C31H20IrN-. The van der Waals surface area contributed by atoms with Crippen molar-refractivity contribution in [2.75, 3.05) is 0 Å². The molecule has 0 saturated carbocycles. The summed E-state index contributed by atoms with van der Waals surface area (Å²) in [5.41, 5.74) is 6.81. The fraction of sp³-hybridized carbons (Fsp3) is 0. The smallest absolute Gasteiger partial charge is 0.0167 e. The first-order chi connectivity index (χ1) is 15.9. The normalized spacial score (nSPS) is 10.8. The SMILES string of the molecule is [Ir].[c-]1cc(-c2ccccc2)ccc1-c1nccc2c1ccc1c(-c3ccccc3)cccc12. The number of pyridine rings is 1. The Bertz CT molecular complexity index is 1540. The van der Waals surface area contributed by atoms with Crippen molar-refractivity contribution < 1.29 is 20.1 Å². The maximum absolute atomic E-state index is 4.74. The molecule has 6 aromatic rings. The Balaban J connectivity index is 0.00000228. The Hall–Kier alpha value is -3.58. The third-order valence-corrected chi connectivity index (χ3v) is 6.06. The van der Waals surface area contributed by atoms with Gasteiger partial charge in [0.1, 0.15) is 0 Å². The van der Waals surface area contributed by atoms with Gasteiger partial charge in [0.2, 0.25) is 0 Å². The van der Waals surface area contributed by atoms with Crippen LogP contribution in [0.1, 0.15) is 0 Å². The van der Waals surface area contributed by atoms with E-state index in [9.17, 15) is 0 Å². The largest absolute Gasteiger partial charge is 0.304 e. The molecule has 0 aliphatic heterocycles. The zero-order valence-corrected chi connectivity index (χ0v) is 20.2. The van der Waals surface area contributed by atoms with E-state index in [0.717, 1.165) is 22.2 Å². The maximum Gasteiger partial charge on any atom is 0.0167 e. The molecule has 0 atom stereocenters. The predicted octanol–water partition coefficient (Wildman–Crippen LogP) is 8.19. The molecule has 0 N–H and O–H groups in total. The number of rotatable bonds is 3. The van der Waals surface area contributed by atoms with Crippen LogP contribution in [-0.4, -0.2) is 4.98 Å². The number of benzene rings is 5. The zero-order valence-electron chi connectivity index (χ0n) is 17.8. The summed E-state index contributed by atoms with van der Waals surface area (Å²) in [6.45, 7) is 0. The van der Waals surface area contributed by atoms with E-state index in [4.69, 9.17) is 4.98 Å². The van der Waals surface area contributed by atoms with E-state index in [1.54, 1.807) is 0 Å². The van der Waals surface area contributed by atoms with Gasteiger partial charge in [-0.25, -0.2) is 0 Å². The molecule has 159 valence electrons. The van der Waals surface area contributed by atoms with Crippen LogP contribution in [0.4, 0.5) is 0 Å². The summed E-state index contributed by atoms with van der Waals surface area (Å²) in [7, 11) is 0. The van der Waals surface area contributed by atoms with Crippen LogP contribution in [0.25, 0.3) is 55.1 Å². The van der Waals surface area contributed by atoms with Gasteiger partial charge in [-0.1, -0.05) is 102 Å². The molecule has 1 aromatic heterocycles. The molecule has 1 radical (unpaired) electrons. The van der Waals surface area contributed by atoms with Crippen molar-refractivity contribution in [2.24, 2.45) is 0 Å². The zero-order chi connectivity index (χ0) is 21.3. The number of aromatic nitrogens is 1. The topological polar surface area (TPSA) is 12.9 Å². The summed E-state index contributed by atoms with van der Waals surface area (Å²) in [5, 5.41) is 4.86. The minimum Gasteiger partial charge on any atom is -0.304 e. The van der Waals surface area contributed by atoms with Crippen molar-refractivity contribution >= 4 is 21.5 Å². The van der Waals surface area contributed by atoms with Crippen LogP contribution in [0.2, 0.25) is 0 Å². The molecule has 2 heteroatoms. The van der Waals surface area contributed by atoms with Gasteiger partial charge in [-0.15, -0.1) is 29.8 Å². The van der Waals surface area contributed by atoms with Crippen LogP contribution in [0, 0.1) is 6.07 Å². The number of hydrogen-bond acceptors (Lipinski definition) is 1. The number of hydrogen-bond donors (Lipinski definition) is 0. The molecule has 0 bridgehead atoms. The summed E-state index contributed by atoms with van der Waals surface area (Å²) in [4.78, 5) is 4.74. The van der Waals surface area contributed by atoms with Crippen molar-refractivity contribution in [1.82, 2.24) is 4.98 Å². The summed E-state index contributed by atoms with van der Waals surface area (Å²) in [6, 6.07) is 43.8. The average Bonchev–Trinajstić information content (AvgIpc) is 2.89. The summed E-state index contributed by atoms with van der Waals surface area (Å²) in [5.74, 6) is 0. The van der Waals surface area contributed by atoms with E-state index in [1.165, 1.54) is 32.8 Å². The molecule has 0 aliphatic carbocycles. The van der Waals surface area contributed by atoms with Crippen LogP contribution in [0.3, 0.4) is 0 Å². The minimum atomic E-state index is 0. The van der Waals surface area contributed by atoms with Gasteiger partial charge in [-0.05, 0) is 44.4 Å². The predicted molar refractivity (Wildman–Crippen MR) is 134 cm³/mol. The van der Waals surface area contributed by atoms with E-state index in [2.05, 4.69) is 115 Å². The van der Waals surface area contributed by atoms with E-state index in [-0.39, 0.29) is 20.1 Å². The molecular weight excluding hydrogens is 579 g/mol. The van der Waals surface area contributed by atoms with Gasteiger partial charge < -0.3 is 4.98 Å². The molecule has 6 rings (SSSR count). The molecule has 0 spiro atoms. The Morgan fingerprint density at radius 3 is 1.91 bits per heavy atom. The van der Waals surface area contributed by atoms with Gasteiger partial charge in [-0.2, -0.15) is 0 Å². The van der Waals surface area contributed by atoms with Crippen molar-refractivity contribution in [3.63, 3.8) is 0 Å². The van der Waals surface area contributed by atoms with Crippen LogP contribution in [0.5, 0.6) is 0 Å². The van der Waals surface area contributed by atoms with Crippen LogP contribution < -0.4 is 0 Å². The second-order valence-corrected chi connectivity index (χ2v) is 7.94. The second-order valence-electron chi connectivity index (χ2n) is 7.94. The molecule has 0 fully saturated rings. The van der Waals surface area contributed by atoms with Gasteiger partial charge in [0.05, 0.1) is 0 Å². The van der Waals surface area contributed by atoms with Gasteiger partial charge in [0, 0.05) is 26.3 Å². The second kappa shape index (κ2) is 9.11. The molecule has 1 heterocycles. The van der Waals surface area contributed by atoms with Crippen molar-refractivity contribution in [1.29, 1.82) is 0 Å². The third kappa shape index (κ3) is 3.89. The Morgan fingerprint density at radius 1 is 0.485 bits per heavy atom. The van der Waals surface area contributed by atoms with Crippen molar-refractivity contribution in [3.8, 4) is 33.5 Å². The number of nitrogens with zero attached hydrogens (tertiary/aromatic N) is 1. The summed E-state index contributed by atoms with van der Waals surface area (Å²) < 4.78 is 0. The first kappa shape index (κ1) is 21.3. The van der Waals surface area contributed by atoms with Crippen LogP contribution >= 0.6 is 0 Å². The first-order valence-corrected chi connectivity index (χ1v) is 10.8. The van der Waals surface area contributed by atoms with Crippen LogP contribution in [-0.2, 0) is 20.1 Å². The van der Waals surface area contributed by atoms with Crippen molar-refractivity contribution in [3.05, 3.63) is 128 Å². The quantitative estimate of drug-likeness (QED) is 0.148. The fourth-order valence-electron chi connectivity index (χ4n) is 4.49. The monoisotopic (exact) mass is 599 g/mol. The van der Waals surface area contributed by atoms with E-state index >= 15 is 0 Å². The number of fused-ring (bicyclic) bond motifs is 3. The standard InChI is InChI=1S/C31H20N.Ir/c1-3-8-22(9-4-1)23-14-16-25(17-15-23)31-30-19-18-28-26(24-10-5-2-6-11-24)12-7-13-27(28)29(30)20-21-32-31;/h1-16,18-21H;/q-1;. The summed E-state index contributed by atoms with van der Waals surface area (Å²) in [6.07, 6.45) is 1.91. The Labute approximate surface area is 207 Å². The first-order valence-electron chi connectivity index (χ1n) is 10.8. The van der Waals surface area contributed by atoms with Gasteiger partial charge in [0.15, 0.2) is 0 Å². The van der Waals surface area contributed by atoms with Crippen LogP contribution in [0.15, 0.2) is 121 Å². The average molecular weight is 599 g/mol. The van der Waals surface area contributed by atoms with Gasteiger partial charge in [0.25, 0.3) is 0 Å². The fourth-order valence-corrected chi connectivity index (χ4v) is 4.49. The summed E-state index contributed by atoms with van der Waals surface area (Å²) >= 11 is 0. The molecule has 1 nitrogen and oxygen atoms in total. The maximum atomic E-state index is 4.74. The van der Waals surface area contributed by atoms with Gasteiger partial charge in [-0.3, -0.25) is 0 Å². The van der Waals surface area contributed by atoms with Crippen molar-refractivity contribution in [2.45, 2.75) is 0 Å².